The van der Waals surface area contributed by atoms with Gasteiger partial charge >= 0.3 is 6.18 Å². The number of nitrogens with zero attached hydrogens (tertiary/aromatic N) is 4. The zero-order valence-corrected chi connectivity index (χ0v) is 13.0. The molecule has 2 rings (SSSR count). The summed E-state index contributed by atoms with van der Waals surface area (Å²) in [4.78, 5) is 3.86. The minimum Gasteiger partial charge on any atom is -0.309 e. The van der Waals surface area contributed by atoms with E-state index in [-0.39, 0.29) is 10.9 Å². The maximum Gasteiger partial charge on any atom is 0.417 e. The van der Waals surface area contributed by atoms with Crippen LogP contribution >= 0.6 is 23.4 Å². The van der Waals surface area contributed by atoms with Crippen LogP contribution < -0.4 is 0 Å². The highest BCUT2D eigenvalue weighted by atomic mass is 35.5. The zero-order chi connectivity index (χ0) is 15.8. The van der Waals surface area contributed by atoms with Gasteiger partial charge in [0.1, 0.15) is 5.82 Å². The standard InChI is InChI=1S/C12H12ClF3N4S/c1-6(10-18-19-11(21-3)20(10)2)9-8(13)4-7(5-17-9)12(14,15)16/h4-6H,1-3H3/t6-/m0/s1. The van der Waals surface area contributed by atoms with Crippen LogP contribution in [0.3, 0.4) is 0 Å². The van der Waals surface area contributed by atoms with Gasteiger partial charge in [-0.15, -0.1) is 10.2 Å². The lowest BCUT2D eigenvalue weighted by Gasteiger charge is -2.14. The maximum atomic E-state index is 12.6. The number of hydrogen-bond acceptors (Lipinski definition) is 4. The Balaban J connectivity index is 2.39. The first-order chi connectivity index (χ1) is 9.75. The molecule has 0 fully saturated rings. The second-order valence-corrected chi connectivity index (χ2v) is 5.60. The van der Waals surface area contributed by atoms with E-state index < -0.39 is 11.7 Å². The van der Waals surface area contributed by atoms with Crippen molar-refractivity contribution in [2.45, 2.75) is 24.2 Å². The Morgan fingerprint density at radius 3 is 2.48 bits per heavy atom. The summed E-state index contributed by atoms with van der Waals surface area (Å²) in [6, 6.07) is 0.881. The van der Waals surface area contributed by atoms with Crippen molar-refractivity contribution >= 4 is 23.4 Å². The first-order valence-electron chi connectivity index (χ1n) is 5.91. The van der Waals surface area contributed by atoms with E-state index in [1.165, 1.54) is 11.8 Å². The first-order valence-corrected chi connectivity index (χ1v) is 7.52. The molecule has 9 heteroatoms. The minimum atomic E-state index is -4.46. The first kappa shape index (κ1) is 16.1. The van der Waals surface area contributed by atoms with Crippen molar-refractivity contribution in [3.63, 3.8) is 0 Å². The molecule has 0 N–H and O–H groups in total. The fraction of sp³-hybridized carbons (Fsp3) is 0.417. The molecule has 0 unspecified atom stereocenters. The van der Waals surface area contributed by atoms with Gasteiger partial charge in [-0.3, -0.25) is 4.98 Å². The normalized spacial score (nSPS) is 13.5. The monoisotopic (exact) mass is 336 g/mol. The summed E-state index contributed by atoms with van der Waals surface area (Å²) in [5.74, 6) is 0.228. The number of pyridine rings is 1. The van der Waals surface area contributed by atoms with Crippen molar-refractivity contribution in [2.75, 3.05) is 6.26 Å². The van der Waals surface area contributed by atoms with Crippen molar-refractivity contribution in [1.82, 2.24) is 19.7 Å². The van der Waals surface area contributed by atoms with E-state index in [9.17, 15) is 13.2 Å². The third-order valence-electron chi connectivity index (χ3n) is 3.05. The van der Waals surface area contributed by atoms with E-state index in [2.05, 4.69) is 15.2 Å². The third-order valence-corrected chi connectivity index (χ3v) is 4.07. The molecule has 0 radical (unpaired) electrons. The van der Waals surface area contributed by atoms with E-state index in [1.807, 2.05) is 6.26 Å². The molecule has 2 aromatic heterocycles. The second-order valence-electron chi connectivity index (χ2n) is 4.41. The number of rotatable bonds is 3. The third kappa shape index (κ3) is 3.16. The average Bonchev–Trinajstić information content (AvgIpc) is 2.78. The van der Waals surface area contributed by atoms with Crippen molar-refractivity contribution in [3.8, 4) is 0 Å². The molecule has 0 aliphatic heterocycles. The molecule has 1 atom stereocenters. The van der Waals surface area contributed by atoms with E-state index in [1.54, 1.807) is 18.5 Å². The molecule has 0 bridgehead atoms. The van der Waals surface area contributed by atoms with Crippen molar-refractivity contribution in [2.24, 2.45) is 7.05 Å². The van der Waals surface area contributed by atoms with Crippen molar-refractivity contribution in [3.05, 3.63) is 34.4 Å². The largest absolute Gasteiger partial charge is 0.417 e. The summed E-state index contributed by atoms with van der Waals surface area (Å²) in [6.07, 6.45) is -1.82. The molecule has 0 aromatic carbocycles. The van der Waals surface area contributed by atoms with E-state index in [0.717, 1.165) is 12.3 Å². The van der Waals surface area contributed by atoms with Gasteiger partial charge in [0.25, 0.3) is 0 Å². The average molecular weight is 337 g/mol. The van der Waals surface area contributed by atoms with Gasteiger partial charge in [-0.25, -0.2) is 0 Å². The molecule has 21 heavy (non-hydrogen) atoms. The Bertz CT molecular complexity index is 656. The summed E-state index contributed by atoms with van der Waals surface area (Å²) < 4.78 is 39.6. The highest BCUT2D eigenvalue weighted by Crippen LogP contribution is 2.34. The van der Waals surface area contributed by atoms with Gasteiger partial charge in [-0.1, -0.05) is 23.4 Å². The maximum absolute atomic E-state index is 12.6. The van der Waals surface area contributed by atoms with Crippen LogP contribution in [0, 0.1) is 0 Å². The summed E-state index contributed by atoms with van der Waals surface area (Å²) in [5.41, 5.74) is -0.529. The Hall–Kier alpha value is -1.28. The predicted octanol–water partition coefficient (Wildman–Crippen LogP) is 3.76. The topological polar surface area (TPSA) is 43.6 Å². The SMILES string of the molecule is CSc1nnc([C@@H](C)c2ncc(C(F)(F)F)cc2Cl)n1C. The van der Waals surface area contributed by atoms with E-state index in [4.69, 9.17) is 11.6 Å². The van der Waals surface area contributed by atoms with Gasteiger partial charge in [0.05, 0.1) is 22.2 Å². The minimum absolute atomic E-state index is 0.0361. The highest BCUT2D eigenvalue weighted by Gasteiger charge is 2.32. The van der Waals surface area contributed by atoms with Gasteiger partial charge in [-0.05, 0) is 19.2 Å². The molecule has 2 aromatic rings. The number of aromatic nitrogens is 4. The number of thioether (sulfide) groups is 1. The molecular weight excluding hydrogens is 325 g/mol. The molecule has 0 spiro atoms. The summed E-state index contributed by atoms with van der Waals surface area (Å²) in [5, 5.41) is 8.71. The molecule has 0 saturated carbocycles. The van der Waals surface area contributed by atoms with Gasteiger partial charge < -0.3 is 4.57 Å². The highest BCUT2D eigenvalue weighted by molar-refractivity contribution is 7.98. The Morgan fingerprint density at radius 1 is 1.33 bits per heavy atom. The lowest BCUT2D eigenvalue weighted by molar-refractivity contribution is -0.137. The molecule has 0 aliphatic carbocycles. The fourth-order valence-electron chi connectivity index (χ4n) is 1.93. The van der Waals surface area contributed by atoms with Crippen molar-refractivity contribution in [1.29, 1.82) is 0 Å². The quantitative estimate of drug-likeness (QED) is 0.801. The fourth-order valence-corrected chi connectivity index (χ4v) is 2.75. The van der Waals surface area contributed by atoms with E-state index in [0.29, 0.717) is 16.7 Å². The molecule has 4 nitrogen and oxygen atoms in total. The number of halogens is 4. The van der Waals surface area contributed by atoms with Gasteiger partial charge in [-0.2, -0.15) is 13.2 Å². The molecule has 0 aliphatic rings. The summed E-state index contributed by atoms with van der Waals surface area (Å²) >= 11 is 7.37. The Labute approximate surface area is 128 Å². The lowest BCUT2D eigenvalue weighted by Crippen LogP contribution is -2.10. The van der Waals surface area contributed by atoms with Crippen LogP contribution in [0.2, 0.25) is 5.02 Å². The number of alkyl halides is 3. The van der Waals surface area contributed by atoms with Gasteiger partial charge in [0, 0.05) is 13.2 Å². The second kappa shape index (κ2) is 5.84. The molecule has 2 heterocycles. The predicted molar refractivity (Wildman–Crippen MR) is 74.6 cm³/mol. The zero-order valence-electron chi connectivity index (χ0n) is 11.4. The Kier molecular flexibility index (Phi) is 4.48. The molecule has 0 amide bonds. The summed E-state index contributed by atoms with van der Waals surface area (Å²) in [6.45, 7) is 1.77. The smallest absolute Gasteiger partial charge is 0.309 e. The van der Waals surface area contributed by atoms with Crippen LogP contribution in [0.25, 0.3) is 0 Å². The van der Waals surface area contributed by atoms with E-state index >= 15 is 0 Å². The van der Waals surface area contributed by atoms with Gasteiger partial charge in [0.15, 0.2) is 5.16 Å². The number of hydrogen-bond donors (Lipinski definition) is 0. The van der Waals surface area contributed by atoms with Gasteiger partial charge in [0.2, 0.25) is 0 Å². The van der Waals surface area contributed by atoms with Crippen LogP contribution in [0.15, 0.2) is 17.4 Å². The Morgan fingerprint density at radius 2 is 2.00 bits per heavy atom. The molecular formula is C12H12ClF3N4S. The van der Waals surface area contributed by atoms with Crippen LogP contribution in [0.5, 0.6) is 0 Å². The van der Waals surface area contributed by atoms with Crippen LogP contribution in [0.4, 0.5) is 13.2 Å². The molecule has 0 saturated heterocycles. The lowest BCUT2D eigenvalue weighted by atomic mass is 10.1. The molecule has 114 valence electrons. The summed E-state index contributed by atoms with van der Waals surface area (Å²) in [7, 11) is 1.79. The van der Waals surface area contributed by atoms with Crippen LogP contribution in [0.1, 0.15) is 29.9 Å². The van der Waals surface area contributed by atoms with Crippen LogP contribution in [-0.2, 0) is 13.2 Å². The van der Waals surface area contributed by atoms with Crippen molar-refractivity contribution < 1.29 is 13.2 Å². The van der Waals surface area contributed by atoms with Crippen LogP contribution in [-0.4, -0.2) is 26.0 Å².